The van der Waals surface area contributed by atoms with Gasteiger partial charge in [-0.1, -0.05) is 50.3 Å². The van der Waals surface area contributed by atoms with E-state index < -0.39 is 0 Å². The predicted molar refractivity (Wildman–Crippen MR) is 88.0 cm³/mol. The van der Waals surface area contributed by atoms with E-state index in [2.05, 4.69) is 18.8 Å². The Morgan fingerprint density at radius 3 is 2.00 bits per heavy atom. The van der Waals surface area contributed by atoms with Crippen LogP contribution in [0.2, 0.25) is 0 Å². The van der Waals surface area contributed by atoms with Gasteiger partial charge in [0, 0.05) is 23.9 Å². The molecule has 0 aliphatic rings. The fourth-order valence-electron chi connectivity index (χ4n) is 2.32. The number of hydrogen-bond acceptors (Lipinski definition) is 2. The van der Waals surface area contributed by atoms with E-state index in [9.17, 15) is 4.79 Å². The summed E-state index contributed by atoms with van der Waals surface area (Å²) >= 11 is 0. The van der Waals surface area contributed by atoms with Crippen LogP contribution >= 0.6 is 0 Å². The first kappa shape index (κ1) is 15.2. The Labute approximate surface area is 126 Å². The number of carbonyl (C=O) groups is 1. The van der Waals surface area contributed by atoms with Crippen LogP contribution in [0.3, 0.4) is 0 Å². The van der Waals surface area contributed by atoms with Gasteiger partial charge in [0.15, 0.2) is 5.78 Å². The Hall–Kier alpha value is -2.22. The summed E-state index contributed by atoms with van der Waals surface area (Å²) in [6.45, 7) is 4.13. The average Bonchev–Trinajstić information content (AvgIpc) is 2.55. The van der Waals surface area contributed by atoms with Gasteiger partial charge >= 0.3 is 0 Å². The third-order valence-electron chi connectivity index (χ3n) is 3.73. The molecule has 1 heterocycles. The largest absolute Gasteiger partial charge is 0.294 e. The Kier molecular flexibility index (Phi) is 5.44. The summed E-state index contributed by atoms with van der Waals surface area (Å²) in [6, 6.07) is 11.8. The lowest BCUT2D eigenvalue weighted by atomic mass is 9.92. The van der Waals surface area contributed by atoms with Crippen LogP contribution in [0.5, 0.6) is 0 Å². The molecule has 2 aromatic rings. The molecule has 0 N–H and O–H groups in total. The molecule has 0 atom stereocenters. The molecule has 0 bridgehead atoms. The SMILES string of the molecule is CCC(CC)C(=O)c1ccc(C=Cc2ccncc2)cc1. The van der Waals surface area contributed by atoms with E-state index >= 15 is 0 Å². The Morgan fingerprint density at radius 2 is 1.48 bits per heavy atom. The molecule has 0 aliphatic carbocycles. The first-order chi connectivity index (χ1) is 10.2. The maximum absolute atomic E-state index is 12.3. The summed E-state index contributed by atoms with van der Waals surface area (Å²) in [7, 11) is 0. The second kappa shape index (κ2) is 7.53. The Bertz CT molecular complexity index is 595. The topological polar surface area (TPSA) is 30.0 Å². The van der Waals surface area contributed by atoms with Crippen molar-refractivity contribution in [1.82, 2.24) is 4.98 Å². The average molecular weight is 279 g/mol. The number of carbonyl (C=O) groups excluding carboxylic acids is 1. The van der Waals surface area contributed by atoms with Crippen molar-refractivity contribution in [1.29, 1.82) is 0 Å². The molecular weight excluding hydrogens is 258 g/mol. The number of pyridine rings is 1. The minimum Gasteiger partial charge on any atom is -0.294 e. The van der Waals surface area contributed by atoms with Crippen molar-refractivity contribution in [3.8, 4) is 0 Å². The fraction of sp³-hybridized carbons (Fsp3) is 0.263. The number of nitrogens with zero attached hydrogens (tertiary/aromatic N) is 1. The van der Waals surface area contributed by atoms with Crippen LogP contribution in [-0.4, -0.2) is 10.8 Å². The second-order valence-corrected chi connectivity index (χ2v) is 5.11. The first-order valence-corrected chi connectivity index (χ1v) is 7.47. The van der Waals surface area contributed by atoms with Gasteiger partial charge in [-0.25, -0.2) is 0 Å². The van der Waals surface area contributed by atoms with Crippen LogP contribution in [0.25, 0.3) is 12.2 Å². The maximum atomic E-state index is 12.3. The monoisotopic (exact) mass is 279 g/mol. The van der Waals surface area contributed by atoms with Crippen molar-refractivity contribution in [2.24, 2.45) is 5.92 Å². The van der Waals surface area contributed by atoms with Crippen molar-refractivity contribution in [2.75, 3.05) is 0 Å². The van der Waals surface area contributed by atoms with Crippen molar-refractivity contribution in [3.63, 3.8) is 0 Å². The van der Waals surface area contributed by atoms with Crippen molar-refractivity contribution in [3.05, 3.63) is 65.5 Å². The van der Waals surface area contributed by atoms with Gasteiger partial charge in [-0.15, -0.1) is 0 Å². The normalized spacial score (nSPS) is 11.2. The molecular formula is C19H21NO. The molecule has 1 aromatic carbocycles. The van der Waals surface area contributed by atoms with Gasteiger partial charge in [0.25, 0.3) is 0 Å². The number of aromatic nitrogens is 1. The highest BCUT2D eigenvalue weighted by atomic mass is 16.1. The first-order valence-electron chi connectivity index (χ1n) is 7.47. The van der Waals surface area contributed by atoms with E-state index in [0.717, 1.165) is 29.5 Å². The highest BCUT2D eigenvalue weighted by Gasteiger charge is 2.15. The summed E-state index contributed by atoms with van der Waals surface area (Å²) in [5, 5.41) is 0. The molecule has 2 rings (SSSR count). The lowest BCUT2D eigenvalue weighted by Gasteiger charge is -2.10. The van der Waals surface area contributed by atoms with Crippen molar-refractivity contribution < 1.29 is 4.79 Å². The number of benzene rings is 1. The quantitative estimate of drug-likeness (QED) is 0.706. The zero-order chi connectivity index (χ0) is 15.1. The van der Waals surface area contributed by atoms with Gasteiger partial charge < -0.3 is 0 Å². The van der Waals surface area contributed by atoms with E-state index in [-0.39, 0.29) is 11.7 Å². The molecule has 108 valence electrons. The minimum absolute atomic E-state index is 0.142. The molecule has 21 heavy (non-hydrogen) atoms. The highest BCUT2D eigenvalue weighted by Crippen LogP contribution is 2.17. The van der Waals surface area contributed by atoms with Crippen molar-refractivity contribution >= 4 is 17.9 Å². The smallest absolute Gasteiger partial charge is 0.165 e. The molecule has 0 radical (unpaired) electrons. The van der Waals surface area contributed by atoms with Crippen LogP contribution in [0.1, 0.15) is 48.2 Å². The molecule has 0 saturated carbocycles. The number of hydrogen-bond donors (Lipinski definition) is 0. The zero-order valence-corrected chi connectivity index (χ0v) is 12.6. The third kappa shape index (κ3) is 4.12. The van der Waals surface area contributed by atoms with Gasteiger partial charge in [0.05, 0.1) is 0 Å². The van der Waals surface area contributed by atoms with E-state index in [1.54, 1.807) is 12.4 Å². The summed E-state index contributed by atoms with van der Waals surface area (Å²) in [5.74, 6) is 0.396. The van der Waals surface area contributed by atoms with Crippen LogP contribution in [0.15, 0.2) is 48.8 Å². The predicted octanol–water partition coefficient (Wildman–Crippen LogP) is 4.87. The molecule has 2 nitrogen and oxygen atoms in total. The molecule has 0 saturated heterocycles. The lowest BCUT2D eigenvalue weighted by Crippen LogP contribution is -2.12. The summed E-state index contributed by atoms with van der Waals surface area (Å²) in [4.78, 5) is 16.3. The lowest BCUT2D eigenvalue weighted by molar-refractivity contribution is 0.0913. The maximum Gasteiger partial charge on any atom is 0.165 e. The number of Topliss-reactive ketones (excluding diaryl/α,β-unsaturated/α-hetero) is 1. The van der Waals surface area contributed by atoms with E-state index in [0.29, 0.717) is 0 Å². The zero-order valence-electron chi connectivity index (χ0n) is 12.6. The van der Waals surface area contributed by atoms with Gasteiger partial charge in [-0.3, -0.25) is 9.78 Å². The molecule has 0 unspecified atom stereocenters. The van der Waals surface area contributed by atoms with Gasteiger partial charge in [-0.2, -0.15) is 0 Å². The standard InChI is InChI=1S/C19H21NO/c1-3-17(4-2)19(21)18-9-7-15(8-10-18)5-6-16-11-13-20-14-12-16/h5-14,17H,3-4H2,1-2H3. The van der Waals surface area contributed by atoms with E-state index in [1.807, 2.05) is 48.6 Å². The van der Waals surface area contributed by atoms with Crippen molar-refractivity contribution in [2.45, 2.75) is 26.7 Å². The summed E-state index contributed by atoms with van der Waals surface area (Å²) < 4.78 is 0. The van der Waals surface area contributed by atoms with Crippen LogP contribution in [-0.2, 0) is 0 Å². The molecule has 1 aromatic heterocycles. The number of ketones is 1. The highest BCUT2D eigenvalue weighted by molar-refractivity contribution is 5.98. The second-order valence-electron chi connectivity index (χ2n) is 5.11. The number of rotatable bonds is 6. The minimum atomic E-state index is 0.142. The third-order valence-corrected chi connectivity index (χ3v) is 3.73. The van der Waals surface area contributed by atoms with Gasteiger partial charge in [0.2, 0.25) is 0 Å². The molecule has 2 heteroatoms. The van der Waals surface area contributed by atoms with Crippen LogP contribution in [0, 0.1) is 5.92 Å². The van der Waals surface area contributed by atoms with Gasteiger partial charge in [0.1, 0.15) is 0 Å². The summed E-state index contributed by atoms with van der Waals surface area (Å²) in [5.41, 5.74) is 3.01. The fourth-order valence-corrected chi connectivity index (χ4v) is 2.32. The molecule has 0 spiro atoms. The molecule has 0 aliphatic heterocycles. The molecule has 0 amide bonds. The van der Waals surface area contributed by atoms with E-state index in [1.165, 1.54) is 0 Å². The Balaban J connectivity index is 2.09. The van der Waals surface area contributed by atoms with Crippen LogP contribution in [0.4, 0.5) is 0 Å². The summed E-state index contributed by atoms with van der Waals surface area (Å²) in [6.07, 6.45) is 9.44. The molecule has 0 fully saturated rings. The van der Waals surface area contributed by atoms with Crippen LogP contribution < -0.4 is 0 Å². The Morgan fingerprint density at radius 1 is 0.952 bits per heavy atom. The van der Waals surface area contributed by atoms with Gasteiger partial charge in [-0.05, 0) is 36.1 Å². The van der Waals surface area contributed by atoms with E-state index in [4.69, 9.17) is 0 Å².